The summed E-state index contributed by atoms with van der Waals surface area (Å²) < 4.78 is 5.07. The highest BCUT2D eigenvalue weighted by atomic mass is 35.5. The second-order valence-corrected chi connectivity index (χ2v) is 6.54. The van der Waals surface area contributed by atoms with E-state index in [0.29, 0.717) is 22.7 Å². The number of nitrogens with zero attached hydrogens (tertiary/aromatic N) is 1. The minimum atomic E-state index is -0.608. The number of benzene rings is 3. The molecule has 0 unspecified atom stereocenters. The molecule has 0 atom stereocenters. The second kappa shape index (κ2) is 9.06. The predicted octanol–water partition coefficient (Wildman–Crippen LogP) is 4.76. The van der Waals surface area contributed by atoms with E-state index >= 15 is 0 Å². The highest BCUT2D eigenvalue weighted by Crippen LogP contribution is 2.23. The molecule has 3 rings (SSSR count). The molecule has 0 saturated heterocycles. The number of methoxy groups -OCH3 is 1. The number of rotatable bonds is 6. The molecule has 9 heteroatoms. The van der Waals surface area contributed by atoms with E-state index in [-0.39, 0.29) is 22.2 Å². The maximum absolute atomic E-state index is 12.4. The van der Waals surface area contributed by atoms with Crippen molar-refractivity contribution in [3.63, 3.8) is 0 Å². The summed E-state index contributed by atoms with van der Waals surface area (Å²) in [5.74, 6) is -0.240. The molecule has 0 fully saturated rings. The molecule has 0 aliphatic rings. The fraction of sp³-hybridized carbons (Fsp3) is 0.0476. The molecule has 3 aromatic carbocycles. The van der Waals surface area contributed by atoms with Gasteiger partial charge in [0, 0.05) is 29.1 Å². The summed E-state index contributed by atoms with van der Waals surface area (Å²) in [4.78, 5) is 35.1. The van der Waals surface area contributed by atoms with Crippen molar-refractivity contribution in [2.24, 2.45) is 0 Å². The molecular weight excluding hydrogens is 410 g/mol. The second-order valence-electron chi connectivity index (χ2n) is 6.14. The van der Waals surface area contributed by atoms with Gasteiger partial charge in [0.2, 0.25) is 0 Å². The fourth-order valence-corrected chi connectivity index (χ4v) is 2.79. The first-order valence-corrected chi connectivity index (χ1v) is 9.06. The van der Waals surface area contributed by atoms with Crippen molar-refractivity contribution in [3.05, 3.63) is 93.0 Å². The van der Waals surface area contributed by atoms with Gasteiger partial charge in [-0.25, -0.2) is 0 Å². The summed E-state index contributed by atoms with van der Waals surface area (Å²) in [6.45, 7) is 0. The third-order valence-electron chi connectivity index (χ3n) is 4.16. The molecule has 0 aliphatic heterocycles. The van der Waals surface area contributed by atoms with Crippen molar-refractivity contribution in [2.45, 2.75) is 0 Å². The average Bonchev–Trinajstić information content (AvgIpc) is 2.74. The Morgan fingerprint density at radius 1 is 0.900 bits per heavy atom. The minimum Gasteiger partial charge on any atom is -0.497 e. The van der Waals surface area contributed by atoms with Crippen LogP contribution in [0.5, 0.6) is 5.75 Å². The lowest BCUT2D eigenvalue weighted by Crippen LogP contribution is -2.14. The third-order valence-corrected chi connectivity index (χ3v) is 4.49. The van der Waals surface area contributed by atoms with Crippen LogP contribution in [0.3, 0.4) is 0 Å². The van der Waals surface area contributed by atoms with Gasteiger partial charge in [0.25, 0.3) is 17.5 Å². The van der Waals surface area contributed by atoms with Gasteiger partial charge < -0.3 is 15.4 Å². The van der Waals surface area contributed by atoms with Gasteiger partial charge in [-0.3, -0.25) is 19.7 Å². The number of nitrogens with one attached hydrogen (secondary N) is 2. The minimum absolute atomic E-state index is 0.0211. The van der Waals surface area contributed by atoms with Crippen molar-refractivity contribution in [2.75, 3.05) is 17.7 Å². The van der Waals surface area contributed by atoms with Crippen molar-refractivity contribution in [3.8, 4) is 5.75 Å². The summed E-state index contributed by atoms with van der Waals surface area (Å²) in [5.41, 5.74) is 1.14. The number of hydrogen-bond donors (Lipinski definition) is 2. The zero-order valence-corrected chi connectivity index (χ0v) is 16.5. The molecule has 3 aromatic rings. The Labute approximate surface area is 176 Å². The summed E-state index contributed by atoms with van der Waals surface area (Å²) in [6.07, 6.45) is 0. The van der Waals surface area contributed by atoms with Crippen LogP contribution in [0.4, 0.5) is 17.1 Å². The summed E-state index contributed by atoms with van der Waals surface area (Å²) in [5, 5.41) is 16.3. The van der Waals surface area contributed by atoms with Gasteiger partial charge in [-0.05, 0) is 54.6 Å². The maximum atomic E-state index is 12.4. The number of nitro benzene ring substituents is 1. The van der Waals surface area contributed by atoms with E-state index in [1.165, 1.54) is 12.1 Å². The third kappa shape index (κ3) is 4.92. The molecule has 30 heavy (non-hydrogen) atoms. The lowest BCUT2D eigenvalue weighted by Gasteiger charge is -2.09. The largest absolute Gasteiger partial charge is 0.497 e. The van der Waals surface area contributed by atoms with Crippen molar-refractivity contribution < 1.29 is 19.2 Å². The predicted molar refractivity (Wildman–Crippen MR) is 113 cm³/mol. The Morgan fingerprint density at radius 2 is 1.47 bits per heavy atom. The zero-order chi connectivity index (χ0) is 21.7. The van der Waals surface area contributed by atoms with Gasteiger partial charge in [0.1, 0.15) is 5.75 Å². The van der Waals surface area contributed by atoms with Gasteiger partial charge in [-0.1, -0.05) is 11.6 Å². The van der Waals surface area contributed by atoms with Crippen LogP contribution in [0.15, 0.2) is 66.7 Å². The number of halogens is 1. The monoisotopic (exact) mass is 425 g/mol. The number of nitro groups is 1. The van der Waals surface area contributed by atoms with Crippen LogP contribution in [-0.4, -0.2) is 23.8 Å². The van der Waals surface area contributed by atoms with Crippen LogP contribution in [0.25, 0.3) is 0 Å². The van der Waals surface area contributed by atoms with E-state index in [4.69, 9.17) is 16.3 Å². The summed E-state index contributed by atoms with van der Waals surface area (Å²) in [6, 6.07) is 16.7. The topological polar surface area (TPSA) is 111 Å². The Morgan fingerprint density at radius 3 is 2.03 bits per heavy atom. The van der Waals surface area contributed by atoms with Gasteiger partial charge in [0.15, 0.2) is 0 Å². The smallest absolute Gasteiger partial charge is 0.270 e. The SMILES string of the molecule is COc1ccc(NC(=O)c2ccc(NC(=O)c3cc([N+](=O)[O-])ccc3Cl)cc2)cc1. The highest BCUT2D eigenvalue weighted by molar-refractivity contribution is 6.34. The van der Waals surface area contributed by atoms with E-state index in [9.17, 15) is 19.7 Å². The van der Waals surface area contributed by atoms with Crippen LogP contribution in [0.1, 0.15) is 20.7 Å². The van der Waals surface area contributed by atoms with Crippen molar-refractivity contribution in [1.29, 1.82) is 0 Å². The Kier molecular flexibility index (Phi) is 6.29. The molecule has 0 heterocycles. The van der Waals surface area contributed by atoms with Crippen LogP contribution in [0.2, 0.25) is 5.02 Å². The van der Waals surface area contributed by atoms with Gasteiger partial charge in [-0.15, -0.1) is 0 Å². The highest BCUT2D eigenvalue weighted by Gasteiger charge is 2.16. The lowest BCUT2D eigenvalue weighted by molar-refractivity contribution is -0.384. The lowest BCUT2D eigenvalue weighted by atomic mass is 10.1. The molecule has 2 N–H and O–H groups in total. The van der Waals surface area contributed by atoms with E-state index in [1.54, 1.807) is 55.6 Å². The first-order chi connectivity index (χ1) is 14.4. The number of hydrogen-bond acceptors (Lipinski definition) is 5. The average molecular weight is 426 g/mol. The molecule has 8 nitrogen and oxygen atoms in total. The zero-order valence-electron chi connectivity index (χ0n) is 15.7. The fourth-order valence-electron chi connectivity index (χ4n) is 2.58. The standard InChI is InChI=1S/C21H16ClN3O5/c1-30-17-9-6-15(7-10-17)23-20(26)13-2-4-14(5-3-13)24-21(27)18-12-16(25(28)29)8-11-19(18)22/h2-12H,1H3,(H,23,26)(H,24,27). The van der Waals surface area contributed by atoms with Gasteiger partial charge >= 0.3 is 0 Å². The molecule has 0 aromatic heterocycles. The van der Waals surface area contributed by atoms with E-state index < -0.39 is 10.8 Å². The number of anilines is 2. The normalized spacial score (nSPS) is 10.2. The molecule has 0 radical (unpaired) electrons. The molecule has 0 spiro atoms. The maximum Gasteiger partial charge on any atom is 0.270 e. The molecule has 0 bridgehead atoms. The number of non-ortho nitro benzene ring substituents is 1. The number of carbonyl (C=O) groups is 2. The molecule has 2 amide bonds. The van der Waals surface area contributed by atoms with E-state index in [0.717, 1.165) is 6.07 Å². The molecule has 0 aliphatic carbocycles. The number of amides is 2. The molecule has 0 saturated carbocycles. The first kappa shape index (κ1) is 20.8. The number of carbonyl (C=O) groups excluding carboxylic acids is 2. The van der Waals surface area contributed by atoms with Crippen LogP contribution < -0.4 is 15.4 Å². The van der Waals surface area contributed by atoms with Gasteiger partial charge in [-0.2, -0.15) is 0 Å². The number of ether oxygens (including phenoxy) is 1. The Hall–Kier alpha value is -3.91. The molecule has 152 valence electrons. The molecular formula is C21H16ClN3O5. The quantitative estimate of drug-likeness (QED) is 0.437. The first-order valence-electron chi connectivity index (χ1n) is 8.68. The van der Waals surface area contributed by atoms with Gasteiger partial charge in [0.05, 0.1) is 22.6 Å². The van der Waals surface area contributed by atoms with Crippen molar-refractivity contribution >= 4 is 40.5 Å². The van der Waals surface area contributed by atoms with Crippen LogP contribution in [-0.2, 0) is 0 Å². The summed E-state index contributed by atoms with van der Waals surface area (Å²) in [7, 11) is 1.56. The summed E-state index contributed by atoms with van der Waals surface area (Å²) >= 11 is 5.98. The van der Waals surface area contributed by atoms with Crippen LogP contribution in [0, 0.1) is 10.1 Å². The Balaban J connectivity index is 1.68. The van der Waals surface area contributed by atoms with E-state index in [1.807, 2.05) is 0 Å². The van der Waals surface area contributed by atoms with E-state index in [2.05, 4.69) is 10.6 Å². The Bertz CT molecular complexity index is 1100. The van der Waals surface area contributed by atoms with Crippen molar-refractivity contribution in [1.82, 2.24) is 0 Å². The van der Waals surface area contributed by atoms with Crippen LogP contribution >= 0.6 is 11.6 Å².